The van der Waals surface area contributed by atoms with E-state index >= 15 is 0 Å². The molecule has 2 heterocycles. The van der Waals surface area contributed by atoms with Crippen molar-refractivity contribution >= 4 is 12.7 Å². The first-order valence-electron chi connectivity index (χ1n) is 8.68. The molecule has 1 aromatic heterocycles. The van der Waals surface area contributed by atoms with E-state index in [2.05, 4.69) is 4.98 Å². The Kier molecular flexibility index (Phi) is 4.12. The van der Waals surface area contributed by atoms with Gasteiger partial charge in [-0.2, -0.15) is 0 Å². The molecule has 0 spiro atoms. The lowest BCUT2D eigenvalue weighted by molar-refractivity contribution is 0.00578. The van der Waals surface area contributed by atoms with Crippen molar-refractivity contribution in [3.63, 3.8) is 0 Å². The molecule has 0 unspecified atom stereocenters. The Morgan fingerprint density at radius 1 is 1.12 bits per heavy atom. The van der Waals surface area contributed by atoms with Crippen LogP contribution in [0.3, 0.4) is 0 Å². The number of aromatic nitrogens is 1. The van der Waals surface area contributed by atoms with Gasteiger partial charge >= 0.3 is 7.12 Å². The molecule has 0 radical (unpaired) electrons. The van der Waals surface area contributed by atoms with E-state index in [4.69, 9.17) is 18.8 Å². The van der Waals surface area contributed by atoms with Gasteiger partial charge in [-0.3, -0.25) is 4.98 Å². The lowest BCUT2D eigenvalue weighted by atomic mass is 9.83. The maximum Gasteiger partial charge on any atom is 0.518 e. The molecule has 2 aliphatic rings. The SMILES string of the molecule is CC(C)(C)Oc1cnc(B2OC(C)(C)C(C)(C)O2)c(OC2CC2)c1. The van der Waals surface area contributed by atoms with Gasteiger partial charge in [-0.15, -0.1) is 0 Å². The molecule has 3 rings (SSSR count). The van der Waals surface area contributed by atoms with E-state index in [1.54, 1.807) is 6.20 Å². The molecule has 24 heavy (non-hydrogen) atoms. The lowest BCUT2D eigenvalue weighted by Crippen LogP contribution is -2.41. The lowest BCUT2D eigenvalue weighted by Gasteiger charge is -2.32. The zero-order valence-corrected chi connectivity index (χ0v) is 15.8. The van der Waals surface area contributed by atoms with Crippen molar-refractivity contribution in [1.29, 1.82) is 0 Å². The summed E-state index contributed by atoms with van der Waals surface area (Å²) in [7, 11) is -0.535. The summed E-state index contributed by atoms with van der Waals surface area (Å²) >= 11 is 0. The first-order valence-corrected chi connectivity index (χ1v) is 8.68. The normalized spacial score (nSPS) is 22.5. The van der Waals surface area contributed by atoms with Crippen LogP contribution >= 0.6 is 0 Å². The van der Waals surface area contributed by atoms with Crippen LogP contribution in [0.5, 0.6) is 11.5 Å². The molecule has 0 N–H and O–H groups in total. The molecule has 132 valence electrons. The number of ether oxygens (including phenoxy) is 2. The highest BCUT2D eigenvalue weighted by molar-refractivity contribution is 6.62. The highest BCUT2D eigenvalue weighted by atomic mass is 16.7. The van der Waals surface area contributed by atoms with Crippen molar-refractivity contribution in [2.24, 2.45) is 0 Å². The Balaban J connectivity index is 1.89. The third kappa shape index (κ3) is 3.70. The van der Waals surface area contributed by atoms with Crippen molar-refractivity contribution < 1.29 is 18.8 Å². The van der Waals surface area contributed by atoms with Crippen LogP contribution in [-0.2, 0) is 9.31 Å². The van der Waals surface area contributed by atoms with Crippen molar-refractivity contribution in [2.45, 2.75) is 84.2 Å². The van der Waals surface area contributed by atoms with Crippen LogP contribution in [0.15, 0.2) is 12.3 Å². The number of nitrogens with zero attached hydrogens (tertiary/aromatic N) is 1. The fraction of sp³-hybridized carbons (Fsp3) is 0.722. The van der Waals surface area contributed by atoms with Crippen molar-refractivity contribution in [3.05, 3.63) is 12.3 Å². The predicted molar refractivity (Wildman–Crippen MR) is 94.0 cm³/mol. The molecular formula is C18H28BNO4. The van der Waals surface area contributed by atoms with Gasteiger partial charge in [-0.05, 0) is 61.3 Å². The van der Waals surface area contributed by atoms with Gasteiger partial charge in [-0.1, -0.05) is 0 Å². The van der Waals surface area contributed by atoms with Gasteiger partial charge in [0, 0.05) is 6.07 Å². The van der Waals surface area contributed by atoms with Gasteiger partial charge in [0.05, 0.1) is 23.5 Å². The van der Waals surface area contributed by atoms with Gasteiger partial charge in [0.2, 0.25) is 0 Å². The third-order valence-corrected chi connectivity index (χ3v) is 4.58. The maximum absolute atomic E-state index is 6.13. The van der Waals surface area contributed by atoms with E-state index in [1.807, 2.05) is 54.5 Å². The first kappa shape index (κ1) is 17.6. The highest BCUT2D eigenvalue weighted by Crippen LogP contribution is 2.38. The van der Waals surface area contributed by atoms with Crippen molar-refractivity contribution in [3.8, 4) is 11.5 Å². The van der Waals surface area contributed by atoms with Gasteiger partial charge in [0.15, 0.2) is 0 Å². The molecule has 1 saturated carbocycles. The monoisotopic (exact) mass is 333 g/mol. The number of hydrogen-bond donors (Lipinski definition) is 0. The topological polar surface area (TPSA) is 49.8 Å². The first-order chi connectivity index (χ1) is 11.0. The summed E-state index contributed by atoms with van der Waals surface area (Å²) < 4.78 is 24.2. The summed E-state index contributed by atoms with van der Waals surface area (Å²) in [6.45, 7) is 14.2. The van der Waals surface area contributed by atoms with Crippen LogP contribution in [0.4, 0.5) is 0 Å². The summed E-state index contributed by atoms with van der Waals surface area (Å²) in [5, 5.41) is 0. The van der Waals surface area contributed by atoms with Crippen LogP contribution < -0.4 is 15.1 Å². The molecule has 0 atom stereocenters. The van der Waals surface area contributed by atoms with Crippen LogP contribution in [0.25, 0.3) is 0 Å². The summed E-state index contributed by atoms with van der Waals surface area (Å²) in [6.07, 6.45) is 4.13. The van der Waals surface area contributed by atoms with Crippen LogP contribution in [-0.4, -0.2) is 35.0 Å². The van der Waals surface area contributed by atoms with Crippen molar-refractivity contribution in [2.75, 3.05) is 0 Å². The average Bonchev–Trinajstić information content (AvgIpc) is 3.15. The maximum atomic E-state index is 6.13. The minimum absolute atomic E-state index is 0.262. The predicted octanol–water partition coefficient (Wildman–Crippen LogP) is 3.10. The van der Waals surface area contributed by atoms with Gasteiger partial charge in [0.25, 0.3) is 0 Å². The summed E-state index contributed by atoms with van der Waals surface area (Å²) in [5.41, 5.74) is -0.417. The van der Waals surface area contributed by atoms with Crippen molar-refractivity contribution in [1.82, 2.24) is 4.98 Å². The second-order valence-corrected chi connectivity index (χ2v) is 8.67. The smallest absolute Gasteiger partial charge is 0.489 e. The molecule has 0 bridgehead atoms. The van der Waals surface area contributed by atoms with E-state index in [1.165, 1.54) is 0 Å². The Morgan fingerprint density at radius 3 is 2.21 bits per heavy atom. The zero-order valence-electron chi connectivity index (χ0n) is 15.8. The minimum atomic E-state index is -0.535. The fourth-order valence-corrected chi connectivity index (χ4v) is 2.44. The summed E-state index contributed by atoms with van der Waals surface area (Å²) in [6, 6.07) is 1.90. The molecule has 1 aliphatic heterocycles. The largest absolute Gasteiger partial charge is 0.518 e. The molecular weight excluding hydrogens is 305 g/mol. The molecule has 1 saturated heterocycles. The van der Waals surface area contributed by atoms with Gasteiger partial charge < -0.3 is 18.8 Å². The number of pyridine rings is 1. The van der Waals surface area contributed by atoms with Gasteiger partial charge in [-0.25, -0.2) is 0 Å². The van der Waals surface area contributed by atoms with E-state index in [0.29, 0.717) is 17.1 Å². The summed E-state index contributed by atoms with van der Waals surface area (Å²) in [5.74, 6) is 1.39. The highest BCUT2D eigenvalue weighted by Gasteiger charge is 2.53. The second-order valence-electron chi connectivity index (χ2n) is 8.67. The molecule has 0 aromatic carbocycles. The summed E-state index contributed by atoms with van der Waals surface area (Å²) in [4.78, 5) is 4.56. The fourth-order valence-electron chi connectivity index (χ4n) is 2.44. The molecule has 1 aromatic rings. The quantitative estimate of drug-likeness (QED) is 0.793. The standard InChI is InChI=1S/C18H28BNO4/c1-16(2,3)22-13-10-14(21-12-8-9-12)15(20-11-13)19-23-17(4,5)18(6,7)24-19/h10-12H,8-9H2,1-7H3. The molecule has 2 fully saturated rings. The Hall–Kier alpha value is -1.27. The Bertz CT molecular complexity index is 604. The molecule has 0 amide bonds. The van der Waals surface area contributed by atoms with Crippen LogP contribution in [0.2, 0.25) is 0 Å². The third-order valence-electron chi connectivity index (χ3n) is 4.58. The van der Waals surface area contributed by atoms with E-state index in [9.17, 15) is 0 Å². The minimum Gasteiger partial charge on any atom is -0.489 e. The second kappa shape index (κ2) is 5.63. The van der Waals surface area contributed by atoms with Crippen LogP contribution in [0.1, 0.15) is 61.3 Å². The molecule has 5 nitrogen and oxygen atoms in total. The molecule has 6 heteroatoms. The number of rotatable bonds is 4. The molecule has 1 aliphatic carbocycles. The van der Waals surface area contributed by atoms with E-state index in [-0.39, 0.29) is 11.7 Å². The average molecular weight is 333 g/mol. The number of hydrogen-bond acceptors (Lipinski definition) is 5. The van der Waals surface area contributed by atoms with Crippen LogP contribution in [0, 0.1) is 0 Å². The zero-order chi connectivity index (χ0) is 17.8. The Morgan fingerprint density at radius 2 is 1.71 bits per heavy atom. The Labute approximate surface area is 145 Å². The van der Waals surface area contributed by atoms with E-state index < -0.39 is 18.3 Å². The van der Waals surface area contributed by atoms with E-state index in [0.717, 1.165) is 12.8 Å². The van der Waals surface area contributed by atoms with Gasteiger partial charge in [0.1, 0.15) is 22.7 Å².